The van der Waals surface area contributed by atoms with E-state index >= 15 is 0 Å². The molecule has 31 heavy (non-hydrogen) atoms. The summed E-state index contributed by atoms with van der Waals surface area (Å²) in [5.74, 6) is 0.119. The van der Waals surface area contributed by atoms with E-state index in [4.69, 9.17) is 0 Å². The number of benzene rings is 1. The summed E-state index contributed by atoms with van der Waals surface area (Å²) in [6, 6.07) is 6.28. The van der Waals surface area contributed by atoms with Crippen molar-refractivity contribution in [3.05, 3.63) is 62.3 Å². The second kappa shape index (κ2) is 9.28. The number of fused-ring (bicyclic) bond motifs is 3. The molecule has 6 nitrogen and oxygen atoms in total. The fourth-order valence-corrected chi connectivity index (χ4v) is 5.45. The molecule has 0 aliphatic heterocycles. The number of hydrogen-bond donors (Lipinski definition) is 2. The highest BCUT2D eigenvalue weighted by Gasteiger charge is 2.20. The zero-order valence-corrected chi connectivity index (χ0v) is 18.7. The van der Waals surface area contributed by atoms with Crippen molar-refractivity contribution >= 4 is 27.5 Å². The van der Waals surface area contributed by atoms with E-state index in [2.05, 4.69) is 15.3 Å². The van der Waals surface area contributed by atoms with Crippen LogP contribution in [0.4, 0.5) is 4.39 Å². The van der Waals surface area contributed by atoms with Crippen molar-refractivity contribution in [3.63, 3.8) is 0 Å². The molecule has 0 bridgehead atoms. The molecule has 3 aromatic rings. The van der Waals surface area contributed by atoms with E-state index < -0.39 is 0 Å². The molecule has 2 N–H and O–H groups in total. The maximum absolute atomic E-state index is 13.6. The van der Waals surface area contributed by atoms with E-state index in [1.807, 2.05) is 25.1 Å². The Balaban J connectivity index is 1.39. The molecule has 0 saturated carbocycles. The topological polar surface area (TPSA) is 78.1 Å². The predicted octanol–water partition coefficient (Wildman–Crippen LogP) is 3.35. The molecule has 1 amide bonds. The monoisotopic (exact) mass is 442 g/mol. The Kier molecular flexibility index (Phi) is 6.48. The van der Waals surface area contributed by atoms with Gasteiger partial charge < -0.3 is 15.2 Å². The van der Waals surface area contributed by atoms with Crippen LogP contribution in [-0.4, -0.2) is 41.4 Å². The van der Waals surface area contributed by atoms with Crippen molar-refractivity contribution in [1.82, 2.24) is 20.2 Å². The predicted molar refractivity (Wildman–Crippen MR) is 121 cm³/mol. The lowest BCUT2D eigenvalue weighted by atomic mass is 9.97. The Bertz CT molecular complexity index is 1150. The van der Waals surface area contributed by atoms with Crippen molar-refractivity contribution in [3.8, 4) is 0 Å². The number of thiophene rings is 1. The molecule has 2 heterocycles. The number of halogens is 1. The van der Waals surface area contributed by atoms with Gasteiger partial charge >= 0.3 is 0 Å². The number of aromatic amines is 1. The molecule has 0 spiro atoms. The van der Waals surface area contributed by atoms with Gasteiger partial charge in [-0.25, -0.2) is 9.37 Å². The lowest BCUT2D eigenvalue weighted by Crippen LogP contribution is -2.34. The summed E-state index contributed by atoms with van der Waals surface area (Å²) in [5, 5.41) is 3.66. The van der Waals surface area contributed by atoms with Gasteiger partial charge in [-0.15, -0.1) is 11.3 Å². The van der Waals surface area contributed by atoms with Crippen molar-refractivity contribution in [1.29, 1.82) is 0 Å². The van der Waals surface area contributed by atoms with E-state index in [0.717, 1.165) is 47.0 Å². The standard InChI is InChI=1S/C23H27FN4O2S/c1-28(2)17(14-6-5-7-15(24)12-14)13-25-20(29)11-10-19-26-22(30)21-16-8-3-4-9-18(16)31-23(21)27-19/h5-7,12,17H,3-4,8-11,13H2,1-2H3,(H,25,29)(H,26,27,30). The highest BCUT2D eigenvalue weighted by molar-refractivity contribution is 7.18. The minimum absolute atomic E-state index is 0.0985. The molecule has 1 aliphatic rings. The van der Waals surface area contributed by atoms with Crippen LogP contribution < -0.4 is 10.9 Å². The minimum atomic E-state index is -0.295. The fourth-order valence-electron chi connectivity index (χ4n) is 4.17. The third kappa shape index (κ3) is 4.85. The van der Waals surface area contributed by atoms with Crippen LogP contribution in [0.2, 0.25) is 0 Å². The first-order chi connectivity index (χ1) is 14.9. The first-order valence-corrected chi connectivity index (χ1v) is 11.5. The molecule has 0 fully saturated rings. The normalized spacial score (nSPS) is 14.6. The molecule has 8 heteroatoms. The number of H-pyrrole nitrogens is 1. The Morgan fingerprint density at radius 2 is 2.13 bits per heavy atom. The third-order valence-electron chi connectivity index (χ3n) is 5.81. The summed E-state index contributed by atoms with van der Waals surface area (Å²) < 4.78 is 13.6. The van der Waals surface area contributed by atoms with Gasteiger partial charge in [0.15, 0.2) is 0 Å². The fraction of sp³-hybridized carbons (Fsp3) is 0.435. The van der Waals surface area contributed by atoms with E-state index in [-0.39, 0.29) is 29.7 Å². The third-order valence-corrected chi connectivity index (χ3v) is 7.00. The highest BCUT2D eigenvalue weighted by Crippen LogP contribution is 2.33. The number of aromatic nitrogens is 2. The molecule has 0 radical (unpaired) electrons. The van der Waals surface area contributed by atoms with Gasteiger partial charge in [0.2, 0.25) is 5.91 Å². The van der Waals surface area contributed by atoms with Crippen LogP contribution in [0, 0.1) is 5.82 Å². The molecular formula is C23H27FN4O2S. The van der Waals surface area contributed by atoms with Crippen molar-refractivity contribution in [2.75, 3.05) is 20.6 Å². The Morgan fingerprint density at radius 3 is 2.90 bits per heavy atom. The van der Waals surface area contributed by atoms with Gasteiger partial charge in [0.25, 0.3) is 5.56 Å². The number of hydrogen-bond acceptors (Lipinski definition) is 5. The number of carbonyl (C=O) groups is 1. The lowest BCUT2D eigenvalue weighted by molar-refractivity contribution is -0.121. The smallest absolute Gasteiger partial charge is 0.259 e. The summed E-state index contributed by atoms with van der Waals surface area (Å²) in [5.41, 5.74) is 1.87. The minimum Gasteiger partial charge on any atom is -0.354 e. The van der Waals surface area contributed by atoms with Crippen LogP contribution in [0.15, 0.2) is 29.1 Å². The summed E-state index contributed by atoms with van der Waals surface area (Å²) in [7, 11) is 3.79. The van der Waals surface area contributed by atoms with Crippen molar-refractivity contribution in [2.24, 2.45) is 0 Å². The summed E-state index contributed by atoms with van der Waals surface area (Å²) in [6.45, 7) is 0.371. The first kappa shape index (κ1) is 21.6. The van der Waals surface area contributed by atoms with Gasteiger partial charge in [-0.05, 0) is 63.0 Å². The second-order valence-electron chi connectivity index (χ2n) is 8.24. The maximum atomic E-state index is 13.6. The van der Waals surface area contributed by atoms with E-state index in [9.17, 15) is 14.0 Å². The molecular weight excluding hydrogens is 415 g/mol. The second-order valence-corrected chi connectivity index (χ2v) is 9.33. The molecule has 1 unspecified atom stereocenters. The van der Waals surface area contributed by atoms with Gasteiger partial charge in [0.05, 0.1) is 11.4 Å². The summed E-state index contributed by atoms with van der Waals surface area (Å²) in [4.78, 5) is 36.6. The number of rotatable bonds is 7. The SMILES string of the molecule is CN(C)C(CNC(=O)CCc1nc2sc3c(c2c(=O)[nH]1)CCCC3)c1cccc(F)c1. The number of amides is 1. The quantitative estimate of drug-likeness (QED) is 0.588. The molecule has 1 atom stereocenters. The Labute approximate surface area is 184 Å². The van der Waals surface area contributed by atoms with Crippen LogP contribution in [0.25, 0.3) is 10.2 Å². The summed E-state index contributed by atoms with van der Waals surface area (Å²) >= 11 is 1.61. The van der Waals surface area contributed by atoms with E-state index in [1.54, 1.807) is 17.4 Å². The summed E-state index contributed by atoms with van der Waals surface area (Å²) in [6.07, 6.45) is 4.83. The Hall–Kier alpha value is -2.58. The molecule has 1 aromatic carbocycles. The molecule has 4 rings (SSSR count). The first-order valence-electron chi connectivity index (χ1n) is 10.6. The number of likely N-dealkylation sites (N-methyl/N-ethyl adjacent to an activating group) is 1. The van der Waals surface area contributed by atoms with Gasteiger partial charge in [-0.1, -0.05) is 12.1 Å². The van der Waals surface area contributed by atoms with Crippen LogP contribution in [0.1, 0.15) is 47.1 Å². The van der Waals surface area contributed by atoms with Gasteiger partial charge in [-0.2, -0.15) is 0 Å². The van der Waals surface area contributed by atoms with Crippen LogP contribution in [0.3, 0.4) is 0 Å². The van der Waals surface area contributed by atoms with Crippen LogP contribution in [0.5, 0.6) is 0 Å². The molecule has 2 aromatic heterocycles. The average molecular weight is 443 g/mol. The van der Waals surface area contributed by atoms with Gasteiger partial charge in [0, 0.05) is 24.3 Å². The van der Waals surface area contributed by atoms with E-state index in [0.29, 0.717) is 18.8 Å². The molecule has 0 saturated heterocycles. The lowest BCUT2D eigenvalue weighted by Gasteiger charge is -2.25. The number of nitrogens with one attached hydrogen (secondary N) is 2. The van der Waals surface area contributed by atoms with Gasteiger partial charge in [0.1, 0.15) is 16.5 Å². The number of nitrogens with zero attached hydrogens (tertiary/aromatic N) is 2. The zero-order chi connectivity index (χ0) is 22.0. The number of carbonyl (C=O) groups excluding carboxylic acids is 1. The van der Waals surface area contributed by atoms with Gasteiger partial charge in [-0.3, -0.25) is 9.59 Å². The Morgan fingerprint density at radius 1 is 1.32 bits per heavy atom. The highest BCUT2D eigenvalue weighted by atomic mass is 32.1. The van der Waals surface area contributed by atoms with Crippen LogP contribution in [-0.2, 0) is 24.1 Å². The zero-order valence-electron chi connectivity index (χ0n) is 17.8. The van der Waals surface area contributed by atoms with Crippen molar-refractivity contribution in [2.45, 2.75) is 44.6 Å². The maximum Gasteiger partial charge on any atom is 0.259 e. The molecule has 164 valence electrons. The van der Waals surface area contributed by atoms with E-state index in [1.165, 1.54) is 17.0 Å². The number of aryl methyl sites for hydroxylation is 3. The van der Waals surface area contributed by atoms with Crippen LogP contribution >= 0.6 is 11.3 Å². The van der Waals surface area contributed by atoms with Crippen molar-refractivity contribution < 1.29 is 9.18 Å². The molecule has 1 aliphatic carbocycles. The largest absolute Gasteiger partial charge is 0.354 e. The average Bonchev–Trinajstić information content (AvgIpc) is 3.11.